The molecule has 0 bridgehead atoms. The summed E-state index contributed by atoms with van der Waals surface area (Å²) >= 11 is 2.19. The molecule has 1 aromatic heterocycles. The van der Waals surface area contributed by atoms with Gasteiger partial charge in [-0.2, -0.15) is 5.26 Å². The van der Waals surface area contributed by atoms with E-state index in [1.165, 1.54) is 0 Å². The second-order valence-corrected chi connectivity index (χ2v) is 7.93. The predicted octanol–water partition coefficient (Wildman–Crippen LogP) is 5.29. The summed E-state index contributed by atoms with van der Waals surface area (Å²) in [6.07, 6.45) is 1.55. The molecule has 0 aliphatic heterocycles. The maximum absolute atomic E-state index is 12.4. The number of H-pyrrole nitrogens is 1. The number of imidazole rings is 1. The molecule has 0 atom stereocenters. The number of ether oxygens (including phenoxy) is 1. The number of rotatable bonds is 6. The first-order valence-electron chi connectivity index (χ1n) is 9.46. The highest BCUT2D eigenvalue weighted by atomic mass is 127. The fraction of sp³-hybridized carbons (Fsp3) is 0.0417. The van der Waals surface area contributed by atoms with Gasteiger partial charge < -0.3 is 15.0 Å². The number of aromatic amines is 1. The van der Waals surface area contributed by atoms with Crippen molar-refractivity contribution in [1.82, 2.24) is 9.97 Å². The Balaban J connectivity index is 1.40. The third-order valence-corrected chi connectivity index (χ3v) is 5.19. The van der Waals surface area contributed by atoms with Crippen LogP contribution >= 0.6 is 22.6 Å². The molecule has 1 amide bonds. The SMILES string of the molecule is N#C/C(=C/c1ccc(OCc2nc3ccccc3[nH]2)cc1)C(=O)Nc1ccc(I)cc1. The smallest absolute Gasteiger partial charge is 0.266 e. The van der Waals surface area contributed by atoms with Crippen LogP contribution in [-0.2, 0) is 11.4 Å². The lowest BCUT2D eigenvalue weighted by atomic mass is 10.1. The molecule has 0 fully saturated rings. The fourth-order valence-corrected chi connectivity index (χ4v) is 3.29. The molecule has 0 saturated carbocycles. The number of nitrogens with zero attached hydrogens (tertiary/aromatic N) is 2. The number of carbonyl (C=O) groups excluding carboxylic acids is 1. The van der Waals surface area contributed by atoms with E-state index in [9.17, 15) is 10.1 Å². The van der Waals surface area contributed by atoms with E-state index in [2.05, 4.69) is 37.9 Å². The lowest BCUT2D eigenvalue weighted by Crippen LogP contribution is -2.13. The highest BCUT2D eigenvalue weighted by molar-refractivity contribution is 14.1. The van der Waals surface area contributed by atoms with E-state index in [-0.39, 0.29) is 5.57 Å². The molecule has 152 valence electrons. The van der Waals surface area contributed by atoms with Gasteiger partial charge in [-0.3, -0.25) is 4.79 Å². The molecule has 31 heavy (non-hydrogen) atoms. The van der Waals surface area contributed by atoms with Crippen LogP contribution in [0.5, 0.6) is 5.75 Å². The zero-order chi connectivity index (χ0) is 21.6. The zero-order valence-corrected chi connectivity index (χ0v) is 18.5. The molecular formula is C24H17IN4O2. The van der Waals surface area contributed by atoms with Crippen molar-refractivity contribution in [1.29, 1.82) is 5.26 Å². The van der Waals surface area contributed by atoms with E-state index < -0.39 is 5.91 Å². The van der Waals surface area contributed by atoms with Gasteiger partial charge >= 0.3 is 0 Å². The Labute approximate surface area is 192 Å². The standard InChI is InChI=1S/C24H17IN4O2/c25-18-7-9-19(10-8-18)27-24(30)17(14-26)13-16-5-11-20(12-6-16)31-15-23-28-21-3-1-2-4-22(21)29-23/h1-13H,15H2,(H,27,30)(H,28,29)/b17-13-. The molecule has 0 aliphatic carbocycles. The topological polar surface area (TPSA) is 90.8 Å². The van der Waals surface area contributed by atoms with Gasteiger partial charge in [-0.1, -0.05) is 24.3 Å². The minimum atomic E-state index is -0.450. The summed E-state index contributed by atoms with van der Waals surface area (Å²) in [4.78, 5) is 20.1. The Kier molecular flexibility index (Phi) is 6.29. The molecule has 1 heterocycles. The van der Waals surface area contributed by atoms with Gasteiger partial charge in [0.25, 0.3) is 5.91 Å². The molecule has 6 nitrogen and oxygen atoms in total. The van der Waals surface area contributed by atoms with Gasteiger partial charge in [0, 0.05) is 9.26 Å². The molecule has 4 rings (SSSR count). The quantitative estimate of drug-likeness (QED) is 0.205. The summed E-state index contributed by atoms with van der Waals surface area (Å²) in [5.41, 5.74) is 3.25. The van der Waals surface area contributed by atoms with Crippen molar-refractivity contribution < 1.29 is 9.53 Å². The van der Waals surface area contributed by atoms with Gasteiger partial charge in [-0.25, -0.2) is 4.98 Å². The van der Waals surface area contributed by atoms with Gasteiger partial charge in [-0.15, -0.1) is 0 Å². The third-order valence-electron chi connectivity index (χ3n) is 4.47. The summed E-state index contributed by atoms with van der Waals surface area (Å²) in [5.74, 6) is 0.956. The molecule has 7 heteroatoms. The number of para-hydroxylation sites is 2. The maximum Gasteiger partial charge on any atom is 0.266 e. The number of halogens is 1. The highest BCUT2D eigenvalue weighted by Crippen LogP contribution is 2.18. The minimum absolute atomic E-state index is 0.0227. The summed E-state index contributed by atoms with van der Waals surface area (Å²) in [7, 11) is 0. The van der Waals surface area contributed by atoms with Crippen LogP contribution in [0.15, 0.2) is 78.4 Å². The van der Waals surface area contributed by atoms with Crippen LogP contribution in [0.2, 0.25) is 0 Å². The summed E-state index contributed by atoms with van der Waals surface area (Å²) in [5, 5.41) is 12.1. The van der Waals surface area contributed by atoms with Gasteiger partial charge in [0.05, 0.1) is 11.0 Å². The molecule has 0 spiro atoms. The van der Waals surface area contributed by atoms with Gasteiger partial charge in [0.15, 0.2) is 0 Å². The summed E-state index contributed by atoms with van der Waals surface area (Å²) in [6.45, 7) is 0.311. The average molecular weight is 520 g/mol. The molecule has 0 unspecified atom stereocenters. The Hall–Kier alpha value is -3.64. The Morgan fingerprint density at radius 2 is 1.84 bits per heavy atom. The highest BCUT2D eigenvalue weighted by Gasteiger charge is 2.10. The fourth-order valence-electron chi connectivity index (χ4n) is 2.93. The number of nitriles is 1. The van der Waals surface area contributed by atoms with Crippen molar-refractivity contribution >= 4 is 51.3 Å². The number of carbonyl (C=O) groups is 1. The number of aromatic nitrogens is 2. The van der Waals surface area contributed by atoms with Crippen LogP contribution in [0.3, 0.4) is 0 Å². The van der Waals surface area contributed by atoms with E-state index in [1.54, 1.807) is 42.5 Å². The van der Waals surface area contributed by atoms with Crippen LogP contribution in [0, 0.1) is 14.9 Å². The first-order chi connectivity index (χ1) is 15.1. The van der Waals surface area contributed by atoms with Crippen LogP contribution in [-0.4, -0.2) is 15.9 Å². The maximum atomic E-state index is 12.4. The number of nitrogens with one attached hydrogen (secondary N) is 2. The predicted molar refractivity (Wildman–Crippen MR) is 128 cm³/mol. The minimum Gasteiger partial charge on any atom is -0.486 e. The van der Waals surface area contributed by atoms with Crippen molar-refractivity contribution in [2.24, 2.45) is 0 Å². The van der Waals surface area contributed by atoms with E-state index in [1.807, 2.05) is 42.5 Å². The van der Waals surface area contributed by atoms with Crippen LogP contribution in [0.1, 0.15) is 11.4 Å². The number of hydrogen-bond acceptors (Lipinski definition) is 4. The van der Waals surface area contributed by atoms with Crippen molar-refractivity contribution in [2.75, 3.05) is 5.32 Å². The van der Waals surface area contributed by atoms with Gasteiger partial charge in [-0.05, 0) is 82.8 Å². The van der Waals surface area contributed by atoms with Crippen molar-refractivity contribution in [3.05, 3.63) is 93.3 Å². The monoisotopic (exact) mass is 520 g/mol. The second-order valence-electron chi connectivity index (χ2n) is 6.69. The number of amides is 1. The van der Waals surface area contributed by atoms with Crippen molar-refractivity contribution in [3.8, 4) is 11.8 Å². The first kappa shape index (κ1) is 20.6. The summed E-state index contributed by atoms with van der Waals surface area (Å²) in [6, 6.07) is 24.3. The van der Waals surface area contributed by atoms with Crippen LogP contribution in [0.4, 0.5) is 5.69 Å². The van der Waals surface area contributed by atoms with Crippen molar-refractivity contribution in [2.45, 2.75) is 6.61 Å². The molecule has 2 N–H and O–H groups in total. The Morgan fingerprint density at radius 1 is 1.10 bits per heavy atom. The molecule has 0 saturated heterocycles. The van der Waals surface area contributed by atoms with Crippen LogP contribution in [0.25, 0.3) is 17.1 Å². The van der Waals surface area contributed by atoms with E-state index in [0.29, 0.717) is 18.0 Å². The summed E-state index contributed by atoms with van der Waals surface area (Å²) < 4.78 is 6.85. The first-order valence-corrected chi connectivity index (χ1v) is 10.5. The lowest BCUT2D eigenvalue weighted by Gasteiger charge is -2.06. The van der Waals surface area contributed by atoms with Gasteiger partial charge in [0.2, 0.25) is 0 Å². The Bertz CT molecular complexity index is 1250. The number of anilines is 1. The number of fused-ring (bicyclic) bond motifs is 1. The number of hydrogen-bond donors (Lipinski definition) is 2. The largest absolute Gasteiger partial charge is 0.486 e. The van der Waals surface area contributed by atoms with E-state index >= 15 is 0 Å². The van der Waals surface area contributed by atoms with Crippen LogP contribution < -0.4 is 10.1 Å². The third kappa shape index (κ3) is 5.29. The molecule has 0 aliphatic rings. The van der Waals surface area contributed by atoms with Crippen molar-refractivity contribution in [3.63, 3.8) is 0 Å². The Morgan fingerprint density at radius 3 is 2.55 bits per heavy atom. The van der Waals surface area contributed by atoms with Gasteiger partial charge in [0.1, 0.15) is 29.8 Å². The normalized spacial score (nSPS) is 11.2. The molecule has 4 aromatic rings. The zero-order valence-electron chi connectivity index (χ0n) is 16.3. The average Bonchev–Trinajstić information content (AvgIpc) is 3.21. The van der Waals surface area contributed by atoms with E-state index in [0.717, 1.165) is 26.0 Å². The molecule has 3 aromatic carbocycles. The molecule has 0 radical (unpaired) electrons. The lowest BCUT2D eigenvalue weighted by molar-refractivity contribution is -0.112. The second kappa shape index (κ2) is 9.45. The molecular weight excluding hydrogens is 503 g/mol. The number of benzene rings is 3. The van der Waals surface area contributed by atoms with E-state index in [4.69, 9.17) is 4.74 Å².